The Kier molecular flexibility index (Phi) is 3.51. The molecule has 0 bridgehead atoms. The number of carboxylic acids is 1. The molecule has 76 valence electrons. The average molecular weight is 193 g/mol. The first-order valence-electron chi connectivity index (χ1n) is 4.66. The number of benzene rings is 1. The van der Waals surface area contributed by atoms with Gasteiger partial charge in [-0.3, -0.25) is 4.79 Å². The van der Waals surface area contributed by atoms with Crippen LogP contribution in [0.25, 0.3) is 0 Å². The van der Waals surface area contributed by atoms with Crippen molar-refractivity contribution < 1.29 is 9.90 Å². The van der Waals surface area contributed by atoms with Gasteiger partial charge in [-0.1, -0.05) is 12.1 Å². The Morgan fingerprint density at radius 2 is 2.21 bits per heavy atom. The van der Waals surface area contributed by atoms with Gasteiger partial charge < -0.3 is 10.8 Å². The van der Waals surface area contributed by atoms with Gasteiger partial charge in [0.05, 0.1) is 0 Å². The normalized spacial score (nSPS) is 10.1. The first kappa shape index (κ1) is 10.6. The van der Waals surface area contributed by atoms with Crippen molar-refractivity contribution in [3.05, 3.63) is 29.3 Å². The first-order chi connectivity index (χ1) is 6.59. The molecule has 3 heteroatoms. The smallest absolute Gasteiger partial charge is 0.303 e. The summed E-state index contributed by atoms with van der Waals surface area (Å²) in [5, 5.41) is 8.47. The number of rotatable bonds is 4. The summed E-state index contributed by atoms with van der Waals surface area (Å²) in [6.07, 6.45) is 1.66. The van der Waals surface area contributed by atoms with Gasteiger partial charge >= 0.3 is 5.97 Å². The van der Waals surface area contributed by atoms with E-state index in [0.717, 1.165) is 23.2 Å². The molecular formula is C11H15NO2. The van der Waals surface area contributed by atoms with Crippen LogP contribution in [0.4, 0.5) is 5.69 Å². The SMILES string of the molecule is Cc1ccc(CCCC(=O)O)cc1N. The quantitative estimate of drug-likeness (QED) is 0.719. The fraction of sp³-hybridized carbons (Fsp3) is 0.364. The molecule has 0 aromatic heterocycles. The van der Waals surface area contributed by atoms with Crippen LogP contribution in [-0.2, 0) is 11.2 Å². The summed E-state index contributed by atoms with van der Waals surface area (Å²) in [6, 6.07) is 5.87. The molecule has 0 radical (unpaired) electrons. The summed E-state index contributed by atoms with van der Waals surface area (Å²) in [4.78, 5) is 10.3. The van der Waals surface area contributed by atoms with E-state index in [2.05, 4.69) is 0 Å². The predicted molar refractivity (Wildman–Crippen MR) is 56.2 cm³/mol. The lowest BCUT2D eigenvalue weighted by Gasteiger charge is -2.03. The fourth-order valence-electron chi connectivity index (χ4n) is 1.29. The van der Waals surface area contributed by atoms with Crippen LogP contribution in [0.5, 0.6) is 0 Å². The molecule has 0 heterocycles. The number of hydrogen-bond donors (Lipinski definition) is 2. The number of anilines is 1. The maximum atomic E-state index is 10.3. The second-order valence-corrected chi connectivity index (χ2v) is 3.44. The highest BCUT2D eigenvalue weighted by Crippen LogP contribution is 2.14. The molecule has 0 atom stereocenters. The van der Waals surface area contributed by atoms with Crippen LogP contribution in [0.1, 0.15) is 24.0 Å². The Balaban J connectivity index is 2.51. The zero-order valence-corrected chi connectivity index (χ0v) is 8.29. The summed E-state index contributed by atoms with van der Waals surface area (Å²) < 4.78 is 0. The van der Waals surface area contributed by atoms with Crippen LogP contribution in [0.2, 0.25) is 0 Å². The van der Waals surface area contributed by atoms with Crippen LogP contribution in [-0.4, -0.2) is 11.1 Å². The summed E-state index contributed by atoms with van der Waals surface area (Å²) in [5.41, 5.74) is 8.68. The van der Waals surface area contributed by atoms with Crippen molar-refractivity contribution >= 4 is 11.7 Å². The standard InChI is InChI=1S/C11H15NO2/c1-8-5-6-9(7-10(8)12)3-2-4-11(13)14/h5-7H,2-4,12H2,1H3,(H,13,14). The molecule has 3 nitrogen and oxygen atoms in total. The van der Waals surface area contributed by atoms with E-state index in [-0.39, 0.29) is 6.42 Å². The van der Waals surface area contributed by atoms with E-state index in [1.807, 2.05) is 25.1 Å². The maximum Gasteiger partial charge on any atom is 0.303 e. The molecule has 0 aliphatic heterocycles. The molecule has 0 spiro atoms. The molecule has 0 amide bonds. The minimum Gasteiger partial charge on any atom is -0.481 e. The van der Waals surface area contributed by atoms with Crippen molar-refractivity contribution in [3.8, 4) is 0 Å². The lowest BCUT2D eigenvalue weighted by atomic mass is 10.1. The van der Waals surface area contributed by atoms with Gasteiger partial charge in [-0.05, 0) is 37.0 Å². The molecule has 14 heavy (non-hydrogen) atoms. The minimum absolute atomic E-state index is 0.216. The van der Waals surface area contributed by atoms with Crippen LogP contribution < -0.4 is 5.73 Å². The number of carboxylic acid groups (broad SMARTS) is 1. The lowest BCUT2D eigenvalue weighted by molar-refractivity contribution is -0.137. The number of nitrogen functional groups attached to an aromatic ring is 1. The highest BCUT2D eigenvalue weighted by molar-refractivity contribution is 5.66. The van der Waals surface area contributed by atoms with Gasteiger partial charge in [-0.25, -0.2) is 0 Å². The average Bonchev–Trinajstić information content (AvgIpc) is 2.10. The molecule has 0 saturated carbocycles. The van der Waals surface area contributed by atoms with Gasteiger partial charge in [0.15, 0.2) is 0 Å². The number of aliphatic carboxylic acids is 1. The Hall–Kier alpha value is -1.51. The molecule has 1 rings (SSSR count). The van der Waals surface area contributed by atoms with E-state index < -0.39 is 5.97 Å². The molecule has 0 aliphatic carbocycles. The lowest BCUT2D eigenvalue weighted by Crippen LogP contribution is -1.97. The van der Waals surface area contributed by atoms with Gasteiger partial charge in [0.1, 0.15) is 0 Å². The summed E-state index contributed by atoms with van der Waals surface area (Å²) in [7, 11) is 0. The number of carbonyl (C=O) groups is 1. The van der Waals surface area contributed by atoms with E-state index in [4.69, 9.17) is 10.8 Å². The highest BCUT2D eigenvalue weighted by Gasteiger charge is 1.99. The first-order valence-corrected chi connectivity index (χ1v) is 4.66. The third-order valence-corrected chi connectivity index (χ3v) is 2.20. The van der Waals surface area contributed by atoms with Crippen molar-refractivity contribution in [2.24, 2.45) is 0 Å². The van der Waals surface area contributed by atoms with E-state index in [0.29, 0.717) is 6.42 Å². The number of nitrogens with two attached hydrogens (primary N) is 1. The molecular weight excluding hydrogens is 178 g/mol. The Morgan fingerprint density at radius 1 is 1.50 bits per heavy atom. The van der Waals surface area contributed by atoms with Gasteiger partial charge in [0.2, 0.25) is 0 Å². The van der Waals surface area contributed by atoms with Crippen molar-refractivity contribution in [3.63, 3.8) is 0 Å². The third-order valence-electron chi connectivity index (χ3n) is 2.20. The van der Waals surface area contributed by atoms with Gasteiger partial charge in [-0.15, -0.1) is 0 Å². The van der Waals surface area contributed by atoms with E-state index in [9.17, 15) is 4.79 Å². The Morgan fingerprint density at radius 3 is 2.79 bits per heavy atom. The molecule has 3 N–H and O–H groups in total. The Bertz CT molecular complexity index is 334. The van der Waals surface area contributed by atoms with E-state index in [1.54, 1.807) is 0 Å². The predicted octanol–water partition coefficient (Wildman–Crippen LogP) is 1.98. The topological polar surface area (TPSA) is 63.3 Å². The Labute approximate surface area is 83.6 Å². The zero-order chi connectivity index (χ0) is 10.6. The van der Waals surface area contributed by atoms with Crippen molar-refractivity contribution in [1.82, 2.24) is 0 Å². The largest absolute Gasteiger partial charge is 0.481 e. The van der Waals surface area contributed by atoms with E-state index in [1.165, 1.54) is 0 Å². The number of aryl methyl sites for hydroxylation is 2. The summed E-state index contributed by atoms with van der Waals surface area (Å²) in [5.74, 6) is -0.745. The van der Waals surface area contributed by atoms with Crippen molar-refractivity contribution in [2.45, 2.75) is 26.2 Å². The van der Waals surface area contributed by atoms with Crippen LogP contribution >= 0.6 is 0 Å². The van der Waals surface area contributed by atoms with Gasteiger partial charge in [-0.2, -0.15) is 0 Å². The highest BCUT2D eigenvalue weighted by atomic mass is 16.4. The van der Waals surface area contributed by atoms with Crippen molar-refractivity contribution in [2.75, 3.05) is 5.73 Å². The molecule has 0 aliphatic rings. The second-order valence-electron chi connectivity index (χ2n) is 3.44. The molecule has 0 fully saturated rings. The third kappa shape index (κ3) is 3.09. The van der Waals surface area contributed by atoms with Crippen molar-refractivity contribution in [1.29, 1.82) is 0 Å². The minimum atomic E-state index is -0.745. The van der Waals surface area contributed by atoms with Crippen LogP contribution in [0.15, 0.2) is 18.2 Å². The van der Waals surface area contributed by atoms with Gasteiger partial charge in [0, 0.05) is 12.1 Å². The molecule has 0 saturated heterocycles. The van der Waals surface area contributed by atoms with Gasteiger partial charge in [0.25, 0.3) is 0 Å². The fourth-order valence-corrected chi connectivity index (χ4v) is 1.29. The second kappa shape index (κ2) is 4.65. The monoisotopic (exact) mass is 193 g/mol. The summed E-state index contributed by atoms with van der Waals surface area (Å²) in [6.45, 7) is 1.95. The molecule has 0 unspecified atom stereocenters. The van der Waals surface area contributed by atoms with Crippen LogP contribution in [0, 0.1) is 6.92 Å². The number of hydrogen-bond acceptors (Lipinski definition) is 2. The molecule has 1 aromatic carbocycles. The van der Waals surface area contributed by atoms with Crippen LogP contribution in [0.3, 0.4) is 0 Å². The molecule has 1 aromatic rings. The summed E-state index contributed by atoms with van der Waals surface area (Å²) >= 11 is 0. The van der Waals surface area contributed by atoms with E-state index >= 15 is 0 Å². The maximum absolute atomic E-state index is 10.3. The zero-order valence-electron chi connectivity index (χ0n) is 8.29.